The Balaban J connectivity index is 2.74. The fourth-order valence-corrected chi connectivity index (χ4v) is 5.20. The van der Waals surface area contributed by atoms with Crippen molar-refractivity contribution in [2.75, 3.05) is 11.5 Å². The number of thioether (sulfide) groups is 1. The molecule has 0 N–H and O–H groups in total. The molecule has 0 aliphatic carbocycles. The molecule has 10 heavy (non-hydrogen) atoms. The van der Waals surface area contributed by atoms with Gasteiger partial charge in [0, 0.05) is 22.2 Å². The van der Waals surface area contributed by atoms with Gasteiger partial charge in [0.1, 0.15) is 5.25 Å². The summed E-state index contributed by atoms with van der Waals surface area (Å²) in [5.74, 6) is 1.21. The highest BCUT2D eigenvalue weighted by molar-refractivity contribution is 8.15. The molecule has 1 saturated heterocycles. The Morgan fingerprint density at radius 2 is 2.00 bits per heavy atom. The Bertz CT molecular complexity index is 213. The minimum atomic E-state index is -3.43. The van der Waals surface area contributed by atoms with Crippen LogP contribution in [0.25, 0.3) is 0 Å². The van der Waals surface area contributed by atoms with Crippen molar-refractivity contribution < 1.29 is 8.42 Å². The average Bonchev–Trinajstić information content (AvgIpc) is 2.11. The lowest BCUT2D eigenvalue weighted by molar-refractivity contribution is 0.599. The molecule has 1 fully saturated rings. The quantitative estimate of drug-likeness (QED) is 0.494. The second kappa shape index (κ2) is 3.09. The highest BCUT2D eigenvalue weighted by Crippen LogP contribution is 2.29. The fourth-order valence-electron chi connectivity index (χ4n) is 0.766. The topological polar surface area (TPSA) is 34.1 Å². The molecule has 1 aliphatic heterocycles. The molecule has 2 nitrogen and oxygen atoms in total. The lowest BCUT2D eigenvalue weighted by Crippen LogP contribution is -2.25. The third-order valence-corrected chi connectivity index (χ3v) is 5.42. The molecule has 1 rings (SSSR count). The van der Waals surface area contributed by atoms with Crippen LogP contribution in [0.5, 0.6) is 0 Å². The summed E-state index contributed by atoms with van der Waals surface area (Å²) in [5.41, 5.74) is 0. The van der Waals surface area contributed by atoms with Gasteiger partial charge in [-0.3, -0.25) is 0 Å². The molecule has 6 heteroatoms. The molecular formula is C4H6Cl2O2S2. The Morgan fingerprint density at radius 3 is 2.20 bits per heavy atom. The Morgan fingerprint density at radius 1 is 1.40 bits per heavy atom. The fraction of sp³-hybridized carbons (Fsp3) is 1.00. The Labute approximate surface area is 73.7 Å². The molecule has 1 aliphatic rings. The van der Waals surface area contributed by atoms with E-state index in [1.165, 1.54) is 11.8 Å². The van der Waals surface area contributed by atoms with E-state index >= 15 is 0 Å². The minimum Gasteiger partial charge on any atom is -0.212 e. The molecule has 0 bridgehead atoms. The smallest absolute Gasteiger partial charge is 0.212 e. The monoisotopic (exact) mass is 220 g/mol. The number of hydrogen-bond acceptors (Lipinski definition) is 3. The summed E-state index contributed by atoms with van der Waals surface area (Å²) in [6.45, 7) is 0. The van der Waals surface area contributed by atoms with Gasteiger partial charge >= 0.3 is 0 Å². The maximum absolute atomic E-state index is 10.7. The highest BCUT2D eigenvalue weighted by Gasteiger charge is 2.35. The predicted molar refractivity (Wildman–Crippen MR) is 45.5 cm³/mol. The minimum absolute atomic E-state index is 0.312. The van der Waals surface area contributed by atoms with Gasteiger partial charge in [-0.1, -0.05) is 0 Å². The van der Waals surface area contributed by atoms with Crippen LogP contribution >= 0.6 is 34.0 Å². The van der Waals surface area contributed by atoms with Crippen molar-refractivity contribution in [1.82, 2.24) is 0 Å². The highest BCUT2D eigenvalue weighted by atomic mass is 35.7. The molecule has 0 aromatic rings. The van der Waals surface area contributed by atoms with Crippen LogP contribution in [0.15, 0.2) is 0 Å². The lowest BCUT2D eigenvalue weighted by Gasteiger charge is -2.06. The number of rotatable bonds is 1. The maximum Gasteiger partial charge on any atom is 0.237 e. The van der Waals surface area contributed by atoms with Gasteiger partial charge in [0.2, 0.25) is 9.05 Å². The van der Waals surface area contributed by atoms with Gasteiger partial charge in [-0.05, 0) is 0 Å². The standard InChI is InChI=1S/C4H6Cl2O2S2/c5-3-1-9-2-4(3)10(6,7)8/h3-4H,1-2H2. The van der Waals surface area contributed by atoms with Crippen molar-refractivity contribution >= 4 is 43.1 Å². The van der Waals surface area contributed by atoms with Crippen molar-refractivity contribution in [3.05, 3.63) is 0 Å². The first kappa shape index (κ1) is 8.97. The van der Waals surface area contributed by atoms with E-state index in [9.17, 15) is 8.42 Å². The first-order valence-corrected chi connectivity index (χ1v) is 6.63. The zero-order valence-corrected chi connectivity index (χ0v) is 8.10. The third-order valence-electron chi connectivity index (χ3n) is 1.32. The van der Waals surface area contributed by atoms with Gasteiger partial charge < -0.3 is 0 Å². The summed E-state index contributed by atoms with van der Waals surface area (Å²) in [6, 6.07) is 0. The SMILES string of the molecule is O=S(=O)(Cl)C1CSCC1Cl. The molecule has 0 spiro atoms. The zero-order valence-electron chi connectivity index (χ0n) is 4.96. The van der Waals surface area contributed by atoms with Crippen LogP contribution in [-0.4, -0.2) is 30.6 Å². The van der Waals surface area contributed by atoms with E-state index in [2.05, 4.69) is 0 Å². The van der Waals surface area contributed by atoms with Crippen LogP contribution in [0.1, 0.15) is 0 Å². The first-order chi connectivity index (χ1) is 4.52. The van der Waals surface area contributed by atoms with Crippen LogP contribution in [0.4, 0.5) is 0 Å². The number of alkyl halides is 1. The summed E-state index contributed by atoms with van der Waals surface area (Å²) >= 11 is 7.20. The van der Waals surface area contributed by atoms with Gasteiger partial charge in [-0.25, -0.2) is 8.42 Å². The Hall–Kier alpha value is 0.880. The molecule has 0 radical (unpaired) electrons. The second-order valence-corrected chi connectivity index (χ2v) is 6.55. The molecule has 1 heterocycles. The van der Waals surface area contributed by atoms with Crippen molar-refractivity contribution in [2.45, 2.75) is 10.6 Å². The van der Waals surface area contributed by atoms with E-state index in [1.807, 2.05) is 0 Å². The van der Waals surface area contributed by atoms with E-state index in [-0.39, 0.29) is 5.38 Å². The van der Waals surface area contributed by atoms with Crippen molar-refractivity contribution in [1.29, 1.82) is 0 Å². The van der Waals surface area contributed by atoms with E-state index in [0.717, 1.165) is 0 Å². The molecular weight excluding hydrogens is 215 g/mol. The maximum atomic E-state index is 10.7. The predicted octanol–water partition coefficient (Wildman–Crippen LogP) is 1.28. The van der Waals surface area contributed by atoms with E-state index in [1.54, 1.807) is 0 Å². The molecule has 0 aromatic heterocycles. The number of halogens is 2. The van der Waals surface area contributed by atoms with Crippen molar-refractivity contribution in [3.63, 3.8) is 0 Å². The van der Waals surface area contributed by atoms with Gasteiger partial charge in [-0.2, -0.15) is 11.8 Å². The Kier molecular flexibility index (Phi) is 2.77. The summed E-state index contributed by atoms with van der Waals surface area (Å²) in [6.07, 6.45) is 0. The van der Waals surface area contributed by atoms with Gasteiger partial charge in [0.15, 0.2) is 0 Å². The largest absolute Gasteiger partial charge is 0.237 e. The summed E-state index contributed by atoms with van der Waals surface area (Å²) in [5, 5.41) is -0.867. The molecule has 0 aromatic carbocycles. The molecule has 2 unspecified atom stereocenters. The van der Waals surface area contributed by atoms with E-state index in [0.29, 0.717) is 11.5 Å². The van der Waals surface area contributed by atoms with Crippen LogP contribution in [0.3, 0.4) is 0 Å². The van der Waals surface area contributed by atoms with Crippen LogP contribution in [0, 0.1) is 0 Å². The number of hydrogen-bond donors (Lipinski definition) is 0. The van der Waals surface area contributed by atoms with Gasteiger partial charge in [0.05, 0.1) is 5.38 Å². The van der Waals surface area contributed by atoms with Crippen molar-refractivity contribution in [2.24, 2.45) is 0 Å². The summed E-state index contributed by atoms with van der Waals surface area (Å²) in [7, 11) is 1.68. The molecule has 2 atom stereocenters. The van der Waals surface area contributed by atoms with Crippen LogP contribution < -0.4 is 0 Å². The summed E-state index contributed by atoms with van der Waals surface area (Å²) < 4.78 is 21.4. The molecule has 0 saturated carbocycles. The van der Waals surface area contributed by atoms with E-state index < -0.39 is 14.3 Å². The zero-order chi connectivity index (χ0) is 7.78. The van der Waals surface area contributed by atoms with Crippen molar-refractivity contribution in [3.8, 4) is 0 Å². The van der Waals surface area contributed by atoms with Crippen LogP contribution in [0.2, 0.25) is 0 Å². The first-order valence-electron chi connectivity index (χ1n) is 2.67. The van der Waals surface area contributed by atoms with Gasteiger partial charge in [0.25, 0.3) is 0 Å². The van der Waals surface area contributed by atoms with E-state index in [4.69, 9.17) is 22.3 Å². The summed E-state index contributed by atoms with van der Waals surface area (Å²) in [4.78, 5) is 0. The second-order valence-electron chi connectivity index (χ2n) is 2.07. The average molecular weight is 221 g/mol. The normalized spacial score (nSPS) is 34.6. The lowest BCUT2D eigenvalue weighted by atomic mass is 10.4. The molecule has 0 amide bonds. The third kappa shape index (κ3) is 1.94. The molecule has 60 valence electrons. The van der Waals surface area contributed by atoms with Gasteiger partial charge in [-0.15, -0.1) is 11.6 Å². The van der Waals surface area contributed by atoms with Crippen LogP contribution in [-0.2, 0) is 9.05 Å².